The maximum absolute atomic E-state index is 16.6. The van der Waals surface area contributed by atoms with E-state index in [0.29, 0.717) is 18.2 Å². The third kappa shape index (κ3) is 5.41. The van der Waals surface area contributed by atoms with Crippen LogP contribution in [0, 0.1) is 29.4 Å². The number of anilines is 1. The number of carbonyl (C=O) groups is 1. The Labute approximate surface area is 244 Å². The lowest BCUT2D eigenvalue weighted by molar-refractivity contribution is -0.113. The number of aromatic nitrogens is 3. The van der Waals surface area contributed by atoms with Crippen LogP contribution in [0.5, 0.6) is 11.8 Å². The molecule has 8 nitrogen and oxygen atoms in total. The molecule has 0 radical (unpaired) electrons. The maximum atomic E-state index is 16.6. The van der Waals surface area contributed by atoms with Gasteiger partial charge in [0.15, 0.2) is 12.6 Å². The molecule has 0 spiro atoms. The molecule has 2 aliphatic rings. The fraction of sp³-hybridized carbons (Fsp3) is 0.355. The summed E-state index contributed by atoms with van der Waals surface area (Å²) in [4.78, 5) is 25.9. The summed E-state index contributed by atoms with van der Waals surface area (Å²) in [5.41, 5.74) is -1.12. The van der Waals surface area contributed by atoms with E-state index in [1.54, 1.807) is 6.07 Å². The monoisotopic (exact) mass is 594 g/mol. The summed E-state index contributed by atoms with van der Waals surface area (Å²) in [5, 5.41) is 0.772. The second kappa shape index (κ2) is 11.0. The van der Waals surface area contributed by atoms with Gasteiger partial charge in [0.1, 0.15) is 41.5 Å². The quantitative estimate of drug-likeness (QED) is 0.106. The van der Waals surface area contributed by atoms with Crippen molar-refractivity contribution in [3.63, 3.8) is 0 Å². The van der Waals surface area contributed by atoms with Crippen LogP contribution >= 0.6 is 0 Å². The van der Waals surface area contributed by atoms with E-state index in [0.717, 1.165) is 6.29 Å². The number of ether oxygens (including phenoxy) is 3. The standard InChI is InChI=1S/C31H26F4N4O4/c1-3-20-23(32)6-5-18-11-19(43-17-41-2)12-21(24(18)20)26-25(33)27-22(13-36-26)28(39-10-4-7-31(34,35)14-39)38-29(37-27)42-16-30(15-40)8-9-30/h1,5-6,11-13,15H,4,7-10,14,16-17H2,2H3. The summed E-state index contributed by atoms with van der Waals surface area (Å²) in [5.74, 6) is -1.93. The first-order valence-electron chi connectivity index (χ1n) is 13.6. The van der Waals surface area contributed by atoms with Crippen molar-refractivity contribution < 1.29 is 36.6 Å². The third-order valence-electron chi connectivity index (χ3n) is 7.75. The number of pyridine rings is 1. The molecular weight excluding hydrogens is 568 g/mol. The van der Waals surface area contributed by atoms with Crippen molar-refractivity contribution in [2.45, 2.75) is 31.6 Å². The predicted octanol–water partition coefficient (Wildman–Crippen LogP) is 5.68. The van der Waals surface area contributed by atoms with Gasteiger partial charge in [0, 0.05) is 37.2 Å². The highest BCUT2D eigenvalue weighted by Gasteiger charge is 2.44. The molecular formula is C31H26F4N4O4. The average molecular weight is 595 g/mol. The largest absolute Gasteiger partial charge is 0.468 e. The van der Waals surface area contributed by atoms with Crippen LogP contribution in [-0.2, 0) is 9.53 Å². The van der Waals surface area contributed by atoms with Gasteiger partial charge in [0.2, 0.25) is 0 Å². The van der Waals surface area contributed by atoms with Gasteiger partial charge in [-0.3, -0.25) is 4.98 Å². The molecule has 43 heavy (non-hydrogen) atoms. The van der Waals surface area contributed by atoms with Crippen molar-refractivity contribution in [2.75, 3.05) is 38.5 Å². The highest BCUT2D eigenvalue weighted by Crippen LogP contribution is 2.44. The molecule has 0 bridgehead atoms. The highest BCUT2D eigenvalue weighted by molar-refractivity contribution is 6.03. The molecule has 1 aliphatic heterocycles. The summed E-state index contributed by atoms with van der Waals surface area (Å²) >= 11 is 0. The van der Waals surface area contributed by atoms with Crippen molar-refractivity contribution >= 4 is 33.8 Å². The Bertz CT molecular complexity index is 1790. The zero-order valence-electron chi connectivity index (χ0n) is 23.1. The topological polar surface area (TPSA) is 86.7 Å². The molecule has 0 atom stereocenters. The molecule has 1 saturated carbocycles. The number of fused-ring (bicyclic) bond motifs is 2. The third-order valence-corrected chi connectivity index (χ3v) is 7.75. The second-order valence-corrected chi connectivity index (χ2v) is 10.8. The van der Waals surface area contributed by atoms with Crippen LogP contribution in [0.1, 0.15) is 31.2 Å². The molecule has 6 rings (SSSR count). The van der Waals surface area contributed by atoms with Crippen LogP contribution in [0.3, 0.4) is 0 Å². The number of alkyl halides is 2. The van der Waals surface area contributed by atoms with Crippen molar-refractivity contribution in [1.29, 1.82) is 0 Å². The molecule has 0 amide bonds. The van der Waals surface area contributed by atoms with Crippen LogP contribution in [-0.4, -0.2) is 60.8 Å². The van der Waals surface area contributed by atoms with Gasteiger partial charge in [-0.1, -0.05) is 12.0 Å². The molecule has 4 aromatic rings. The van der Waals surface area contributed by atoms with E-state index in [2.05, 4.69) is 20.9 Å². The first-order chi connectivity index (χ1) is 20.7. The second-order valence-electron chi connectivity index (χ2n) is 10.8. The van der Waals surface area contributed by atoms with Gasteiger partial charge < -0.3 is 23.9 Å². The van der Waals surface area contributed by atoms with Crippen LogP contribution in [0.4, 0.5) is 23.4 Å². The Morgan fingerprint density at radius 3 is 2.65 bits per heavy atom. The number of hydrogen-bond donors (Lipinski definition) is 0. The van der Waals surface area contributed by atoms with E-state index in [-0.39, 0.29) is 83.5 Å². The van der Waals surface area contributed by atoms with Crippen LogP contribution in [0.2, 0.25) is 0 Å². The van der Waals surface area contributed by atoms with E-state index in [9.17, 15) is 18.0 Å². The summed E-state index contributed by atoms with van der Waals surface area (Å²) < 4.78 is 76.6. The zero-order valence-corrected chi connectivity index (χ0v) is 23.1. The van der Waals surface area contributed by atoms with Gasteiger partial charge in [0.25, 0.3) is 5.92 Å². The molecule has 2 aromatic heterocycles. The van der Waals surface area contributed by atoms with Gasteiger partial charge in [-0.05, 0) is 42.8 Å². The summed E-state index contributed by atoms with van der Waals surface area (Å²) in [7, 11) is 1.44. The Hall–Kier alpha value is -4.50. The number of nitrogens with zero attached hydrogens (tertiary/aromatic N) is 4. The average Bonchev–Trinajstić information content (AvgIpc) is 3.79. The van der Waals surface area contributed by atoms with E-state index in [1.807, 2.05) is 0 Å². The lowest BCUT2D eigenvalue weighted by atomic mass is 9.95. The van der Waals surface area contributed by atoms with E-state index >= 15 is 4.39 Å². The minimum absolute atomic E-state index is 0.0330. The first-order valence-corrected chi connectivity index (χ1v) is 13.6. The molecule has 3 heterocycles. The summed E-state index contributed by atoms with van der Waals surface area (Å²) in [6.07, 6.45) is 8.91. The van der Waals surface area contributed by atoms with Gasteiger partial charge >= 0.3 is 6.01 Å². The Morgan fingerprint density at radius 2 is 1.95 bits per heavy atom. The number of benzene rings is 2. The molecule has 1 saturated heterocycles. The van der Waals surface area contributed by atoms with E-state index < -0.39 is 29.5 Å². The van der Waals surface area contributed by atoms with Gasteiger partial charge in [-0.2, -0.15) is 9.97 Å². The van der Waals surface area contributed by atoms with Crippen LogP contribution in [0.15, 0.2) is 30.5 Å². The normalized spacial score (nSPS) is 17.1. The van der Waals surface area contributed by atoms with Gasteiger partial charge in [-0.25, -0.2) is 17.6 Å². The number of rotatable bonds is 9. The van der Waals surface area contributed by atoms with Crippen LogP contribution in [0.25, 0.3) is 32.9 Å². The van der Waals surface area contributed by atoms with Crippen molar-refractivity contribution in [3.8, 4) is 35.4 Å². The lowest BCUT2D eigenvalue weighted by Gasteiger charge is -2.33. The maximum Gasteiger partial charge on any atom is 0.319 e. The molecule has 0 unspecified atom stereocenters. The smallest absolute Gasteiger partial charge is 0.319 e. The Morgan fingerprint density at radius 1 is 1.14 bits per heavy atom. The Kier molecular flexibility index (Phi) is 7.30. The fourth-order valence-corrected chi connectivity index (χ4v) is 5.28. The first kappa shape index (κ1) is 28.6. The number of halogens is 4. The number of aldehydes is 1. The van der Waals surface area contributed by atoms with Crippen LogP contribution < -0.4 is 14.4 Å². The Balaban J connectivity index is 1.56. The fourth-order valence-electron chi connectivity index (χ4n) is 5.28. The molecule has 1 aliphatic carbocycles. The summed E-state index contributed by atoms with van der Waals surface area (Å²) in [6.45, 7) is -0.529. The minimum atomic E-state index is -2.98. The van der Waals surface area contributed by atoms with Crippen molar-refractivity contribution in [3.05, 3.63) is 47.7 Å². The number of carbonyl (C=O) groups excluding carboxylic acids is 1. The van der Waals surface area contributed by atoms with Crippen molar-refractivity contribution in [1.82, 2.24) is 15.0 Å². The molecule has 222 valence electrons. The molecule has 2 aromatic carbocycles. The van der Waals surface area contributed by atoms with E-state index in [1.165, 1.54) is 36.4 Å². The zero-order chi connectivity index (χ0) is 30.4. The molecule has 12 heteroatoms. The molecule has 2 fully saturated rings. The number of terminal acetylenes is 1. The molecule has 0 N–H and O–H groups in total. The number of hydrogen-bond acceptors (Lipinski definition) is 8. The summed E-state index contributed by atoms with van der Waals surface area (Å²) in [6, 6.07) is 5.50. The van der Waals surface area contributed by atoms with E-state index in [4.69, 9.17) is 20.6 Å². The SMILES string of the molecule is C#Cc1c(F)ccc2cc(OCOC)cc(-c3ncc4c(N5CCCC(F)(F)C5)nc(OCC5(C=O)CC5)nc4c3F)c12. The van der Waals surface area contributed by atoms with Gasteiger partial charge in [0.05, 0.1) is 22.9 Å². The highest BCUT2D eigenvalue weighted by atomic mass is 19.3. The number of piperidine rings is 1. The lowest BCUT2D eigenvalue weighted by Crippen LogP contribution is -2.43. The predicted molar refractivity (Wildman–Crippen MR) is 150 cm³/mol. The van der Waals surface area contributed by atoms with Gasteiger partial charge in [-0.15, -0.1) is 6.42 Å². The minimum Gasteiger partial charge on any atom is -0.468 e. The number of methoxy groups -OCH3 is 1. The van der Waals surface area contributed by atoms with Crippen molar-refractivity contribution in [2.24, 2.45) is 5.41 Å².